The second kappa shape index (κ2) is 7.93. The maximum absolute atomic E-state index is 13.9. The number of hydrogen-bond acceptors (Lipinski definition) is 5. The van der Waals surface area contributed by atoms with Crippen LogP contribution >= 0.6 is 22.6 Å². The molecule has 2 heterocycles. The van der Waals surface area contributed by atoms with Gasteiger partial charge in [-0.05, 0) is 52.3 Å². The number of ether oxygens (including phenoxy) is 1. The molecule has 2 fully saturated rings. The Bertz CT molecular complexity index is 1390. The molecule has 2 saturated heterocycles. The molecule has 1 aliphatic carbocycles. The van der Waals surface area contributed by atoms with E-state index in [0.717, 1.165) is 20.5 Å². The SMILES string of the molecule is CCc1ccc([C@@H]2OC3(C(=O)c4ccccc4C3=O)[C@H]3C(=O)N(c4ccccc4I)C(=O)[C@@H]23)cc1. The molecule has 0 unspecified atom stereocenters. The lowest BCUT2D eigenvalue weighted by Gasteiger charge is -2.27. The molecule has 3 atom stereocenters. The van der Waals surface area contributed by atoms with Crippen molar-refractivity contribution in [3.63, 3.8) is 0 Å². The maximum Gasteiger partial charge on any atom is 0.241 e. The summed E-state index contributed by atoms with van der Waals surface area (Å²) in [6, 6.07) is 21.2. The first kappa shape index (κ1) is 22.3. The van der Waals surface area contributed by atoms with Gasteiger partial charge in [-0.3, -0.25) is 19.2 Å². The molecule has 174 valence electrons. The van der Waals surface area contributed by atoms with Crippen LogP contribution in [-0.2, 0) is 20.7 Å². The molecular formula is C28H20INO5. The largest absolute Gasteiger partial charge is 0.349 e. The lowest BCUT2D eigenvalue weighted by Crippen LogP contribution is -2.51. The van der Waals surface area contributed by atoms with Crippen molar-refractivity contribution in [1.82, 2.24) is 0 Å². The summed E-state index contributed by atoms with van der Waals surface area (Å²) in [5.74, 6) is -4.37. The van der Waals surface area contributed by atoms with Crippen LogP contribution in [0.25, 0.3) is 0 Å². The predicted molar refractivity (Wildman–Crippen MR) is 136 cm³/mol. The van der Waals surface area contributed by atoms with Crippen LogP contribution in [0.4, 0.5) is 5.69 Å². The van der Waals surface area contributed by atoms with E-state index < -0.39 is 46.9 Å². The van der Waals surface area contributed by atoms with Crippen molar-refractivity contribution in [3.05, 3.63) is 98.6 Å². The molecule has 7 heteroatoms. The normalized spacial score (nSPS) is 24.4. The van der Waals surface area contributed by atoms with E-state index in [9.17, 15) is 19.2 Å². The third kappa shape index (κ3) is 2.91. The van der Waals surface area contributed by atoms with Gasteiger partial charge in [0.15, 0.2) is 0 Å². The van der Waals surface area contributed by atoms with Crippen molar-refractivity contribution in [2.75, 3.05) is 4.90 Å². The van der Waals surface area contributed by atoms with Crippen LogP contribution in [0.1, 0.15) is 44.9 Å². The van der Waals surface area contributed by atoms with Crippen LogP contribution < -0.4 is 4.90 Å². The van der Waals surface area contributed by atoms with Gasteiger partial charge in [-0.2, -0.15) is 0 Å². The van der Waals surface area contributed by atoms with Gasteiger partial charge in [0.1, 0.15) is 0 Å². The summed E-state index contributed by atoms with van der Waals surface area (Å²) in [6.07, 6.45) is -0.0675. The highest BCUT2D eigenvalue weighted by molar-refractivity contribution is 14.1. The number of aryl methyl sites for hydroxylation is 1. The summed E-state index contributed by atoms with van der Waals surface area (Å²) in [5, 5.41) is 0. The van der Waals surface area contributed by atoms with Crippen molar-refractivity contribution in [3.8, 4) is 0 Å². The molecule has 0 N–H and O–H groups in total. The van der Waals surface area contributed by atoms with Gasteiger partial charge < -0.3 is 4.74 Å². The summed E-state index contributed by atoms with van der Waals surface area (Å²) in [7, 11) is 0. The number of ketones is 2. The van der Waals surface area contributed by atoms with Gasteiger partial charge in [0, 0.05) is 14.7 Å². The summed E-state index contributed by atoms with van der Waals surface area (Å²) in [4.78, 5) is 56.5. The first-order chi connectivity index (χ1) is 16.9. The molecule has 0 bridgehead atoms. The number of benzene rings is 3. The molecule has 3 aromatic rings. The van der Waals surface area contributed by atoms with Crippen LogP contribution in [0.5, 0.6) is 0 Å². The van der Waals surface area contributed by atoms with Gasteiger partial charge in [-0.25, -0.2) is 4.90 Å². The van der Waals surface area contributed by atoms with Crippen molar-refractivity contribution >= 4 is 51.7 Å². The lowest BCUT2D eigenvalue weighted by atomic mass is 9.77. The minimum Gasteiger partial charge on any atom is -0.349 e. The standard InChI is InChI=1S/C28H20INO5/c1-2-15-11-13-16(14-12-15)23-21-22(27(34)30(26(21)33)20-10-6-5-9-19(20)29)28(35-23)24(31)17-7-3-4-8-18(17)25(28)32/h3-14,21-23H,2H2,1H3/t21-,22-,23+/m1/s1. The zero-order valence-corrected chi connectivity index (χ0v) is 20.9. The zero-order valence-electron chi connectivity index (χ0n) is 18.7. The van der Waals surface area contributed by atoms with Crippen LogP contribution in [-0.4, -0.2) is 29.0 Å². The molecule has 1 spiro atoms. The predicted octanol–water partition coefficient (Wildman–Crippen LogP) is 4.55. The number of amides is 2. The van der Waals surface area contributed by atoms with Gasteiger partial charge in [0.25, 0.3) is 0 Å². The van der Waals surface area contributed by atoms with E-state index in [4.69, 9.17) is 4.74 Å². The molecule has 2 aliphatic heterocycles. The van der Waals surface area contributed by atoms with Crippen molar-refractivity contribution in [2.24, 2.45) is 11.8 Å². The molecule has 35 heavy (non-hydrogen) atoms. The quantitative estimate of drug-likeness (QED) is 0.259. The minimum absolute atomic E-state index is 0.228. The molecule has 0 aromatic heterocycles. The van der Waals surface area contributed by atoms with E-state index in [1.54, 1.807) is 42.5 Å². The van der Waals surface area contributed by atoms with E-state index in [1.807, 2.05) is 37.3 Å². The number of Topliss-reactive ketones (excluding diaryl/α,β-unsaturated/α-hetero) is 2. The maximum atomic E-state index is 13.9. The minimum atomic E-state index is -2.05. The summed E-state index contributed by atoms with van der Waals surface area (Å²) < 4.78 is 7.05. The average molecular weight is 577 g/mol. The van der Waals surface area contributed by atoms with E-state index in [1.165, 1.54) is 0 Å². The highest BCUT2D eigenvalue weighted by Gasteiger charge is 2.74. The third-order valence-electron chi connectivity index (χ3n) is 7.33. The summed E-state index contributed by atoms with van der Waals surface area (Å²) in [5.41, 5.74) is 0.620. The van der Waals surface area contributed by atoms with E-state index in [0.29, 0.717) is 11.3 Å². The number of para-hydroxylation sites is 1. The van der Waals surface area contributed by atoms with Crippen molar-refractivity contribution < 1.29 is 23.9 Å². The smallest absolute Gasteiger partial charge is 0.241 e. The zero-order chi connectivity index (χ0) is 24.5. The van der Waals surface area contributed by atoms with Gasteiger partial charge >= 0.3 is 0 Å². The number of halogens is 1. The van der Waals surface area contributed by atoms with Gasteiger partial charge in [-0.1, -0.05) is 67.6 Å². The number of fused-ring (bicyclic) bond motifs is 3. The second-order valence-corrected chi connectivity index (χ2v) is 10.2. The van der Waals surface area contributed by atoms with Crippen LogP contribution in [0, 0.1) is 15.4 Å². The Labute approximate surface area is 215 Å². The van der Waals surface area contributed by atoms with E-state index in [-0.39, 0.29) is 11.1 Å². The monoisotopic (exact) mass is 577 g/mol. The van der Waals surface area contributed by atoms with Crippen molar-refractivity contribution in [2.45, 2.75) is 25.0 Å². The highest BCUT2D eigenvalue weighted by Crippen LogP contribution is 2.57. The Morgan fingerprint density at radius 3 is 2.03 bits per heavy atom. The van der Waals surface area contributed by atoms with Crippen LogP contribution in [0.2, 0.25) is 0 Å². The number of anilines is 1. The Hall–Kier alpha value is -3.17. The highest BCUT2D eigenvalue weighted by atomic mass is 127. The number of carbonyl (C=O) groups excluding carboxylic acids is 4. The first-order valence-corrected chi connectivity index (χ1v) is 12.6. The number of carbonyl (C=O) groups is 4. The summed E-state index contributed by atoms with van der Waals surface area (Å²) in [6.45, 7) is 2.04. The third-order valence-corrected chi connectivity index (χ3v) is 8.24. The first-order valence-electron chi connectivity index (χ1n) is 11.5. The second-order valence-electron chi connectivity index (χ2n) is 9.04. The molecular weight excluding hydrogens is 557 g/mol. The summed E-state index contributed by atoms with van der Waals surface area (Å²) >= 11 is 2.08. The molecule has 3 aromatic carbocycles. The van der Waals surface area contributed by atoms with Gasteiger partial charge in [-0.15, -0.1) is 0 Å². The Kier molecular flexibility index (Phi) is 5.05. The van der Waals surface area contributed by atoms with E-state index in [2.05, 4.69) is 22.6 Å². The fourth-order valence-corrected chi connectivity index (χ4v) is 6.26. The van der Waals surface area contributed by atoms with Gasteiger partial charge in [0.05, 0.1) is 23.6 Å². The molecule has 0 radical (unpaired) electrons. The fraction of sp³-hybridized carbons (Fsp3) is 0.214. The van der Waals surface area contributed by atoms with E-state index >= 15 is 0 Å². The molecule has 6 rings (SSSR count). The Morgan fingerprint density at radius 1 is 0.829 bits per heavy atom. The van der Waals surface area contributed by atoms with Crippen LogP contribution in [0.3, 0.4) is 0 Å². The molecule has 6 nitrogen and oxygen atoms in total. The lowest BCUT2D eigenvalue weighted by molar-refractivity contribution is -0.127. The topological polar surface area (TPSA) is 80.8 Å². The number of rotatable bonds is 3. The molecule has 3 aliphatic rings. The Morgan fingerprint density at radius 2 is 1.43 bits per heavy atom. The fourth-order valence-electron chi connectivity index (χ4n) is 5.63. The van der Waals surface area contributed by atoms with Crippen LogP contribution in [0.15, 0.2) is 72.8 Å². The average Bonchev–Trinajstić information content (AvgIpc) is 3.45. The number of imide groups is 1. The number of nitrogens with zero attached hydrogens (tertiary/aromatic N) is 1. The molecule has 0 saturated carbocycles. The molecule has 2 amide bonds. The van der Waals surface area contributed by atoms with Gasteiger partial charge in [0.2, 0.25) is 29.0 Å². The Balaban J connectivity index is 1.54. The number of hydrogen-bond donors (Lipinski definition) is 0. The van der Waals surface area contributed by atoms with Crippen molar-refractivity contribution in [1.29, 1.82) is 0 Å².